The van der Waals surface area contributed by atoms with E-state index in [9.17, 15) is 4.79 Å². The molecule has 4 aliphatic rings. The molecule has 4 heterocycles. The van der Waals surface area contributed by atoms with Crippen LogP contribution in [0.3, 0.4) is 0 Å². The lowest BCUT2D eigenvalue weighted by Gasteiger charge is -2.12. The molecule has 0 radical (unpaired) electrons. The van der Waals surface area contributed by atoms with E-state index in [-0.39, 0.29) is 37.2 Å². The third-order valence-corrected chi connectivity index (χ3v) is 8.41. The maximum absolute atomic E-state index is 10.1. The Balaban J connectivity index is 0.000000349. The van der Waals surface area contributed by atoms with Gasteiger partial charge in [0.15, 0.2) is 5.78 Å². The molecule has 0 aliphatic heterocycles. The van der Waals surface area contributed by atoms with Crippen LogP contribution in [0.2, 0.25) is 0 Å². The van der Waals surface area contributed by atoms with Gasteiger partial charge < -0.3 is 15.7 Å². The average Bonchev–Trinajstić information content (AvgIpc) is 4.05. The van der Waals surface area contributed by atoms with Gasteiger partial charge in [0.1, 0.15) is 23.9 Å². The number of nitrogens with one attached hydrogen (secondary N) is 2. The van der Waals surface area contributed by atoms with Gasteiger partial charge in [-0.1, -0.05) is 81.7 Å². The number of aromatic nitrogens is 6. The van der Waals surface area contributed by atoms with Gasteiger partial charge in [-0.2, -0.15) is 0 Å². The fraction of sp³-hybridized carbons (Fsp3) is 0.372. The normalized spacial score (nSPS) is 14.5. The molecule has 0 amide bonds. The molecular formula is C43H60IN7O. The maximum atomic E-state index is 10.1. The molecule has 8 rings (SSSR count). The predicted molar refractivity (Wildman–Crippen MR) is 234 cm³/mol. The van der Waals surface area contributed by atoms with E-state index < -0.39 is 0 Å². The van der Waals surface area contributed by atoms with Crippen molar-refractivity contribution in [1.29, 1.82) is 0 Å². The van der Waals surface area contributed by atoms with Gasteiger partial charge in [0.25, 0.3) is 0 Å². The fourth-order valence-corrected chi connectivity index (χ4v) is 5.76. The van der Waals surface area contributed by atoms with Crippen LogP contribution >= 0.6 is 24.0 Å². The van der Waals surface area contributed by atoms with Crippen LogP contribution in [-0.2, 0) is 4.79 Å². The average molecular weight is 818 g/mol. The second-order valence-electron chi connectivity index (χ2n) is 12.0. The molecule has 0 saturated carbocycles. The monoisotopic (exact) mass is 817 g/mol. The van der Waals surface area contributed by atoms with E-state index in [0.717, 1.165) is 48.4 Å². The smallest absolute Gasteiger partial charge is 0.154 e. The number of fused-ring (bicyclic) bond motifs is 2. The predicted octanol–water partition coefficient (Wildman–Crippen LogP) is 11.4. The van der Waals surface area contributed by atoms with Crippen molar-refractivity contribution in [2.24, 2.45) is 5.73 Å². The molecule has 0 saturated heterocycles. The number of nitrogens with zero attached hydrogens (tertiary/aromatic N) is 4. The van der Waals surface area contributed by atoms with Gasteiger partial charge in [-0.05, 0) is 113 Å². The van der Waals surface area contributed by atoms with Crippen LogP contribution in [-0.4, -0.2) is 42.7 Å². The lowest BCUT2D eigenvalue weighted by molar-refractivity contribution is -0.114. The molecule has 0 bridgehead atoms. The standard InChI is InChI=1S/2C13H15N3.C5H8O.2C5H6.CH5N.CH4.HI/c2*1-9-7-14-13-11(9)12(15-8-16-13)10-5-3-2-4-6-10;1-3-5(6)4-2;2*1-2-4-5-3-1;1-2;;/h2*5,7-8H,2-4,6H2,1H3,(H,14,15,16);3H,1,4H2,2H3;2*1-4H,5H2;2H2,1H3;1H4;1H. The molecule has 52 heavy (non-hydrogen) atoms. The van der Waals surface area contributed by atoms with Gasteiger partial charge >= 0.3 is 0 Å². The largest absolute Gasteiger partial charge is 0.346 e. The Labute approximate surface area is 328 Å². The third-order valence-electron chi connectivity index (χ3n) is 8.41. The van der Waals surface area contributed by atoms with E-state index >= 15 is 0 Å². The number of rotatable bonds is 4. The highest BCUT2D eigenvalue weighted by molar-refractivity contribution is 14.0. The summed E-state index contributed by atoms with van der Waals surface area (Å²) in [7, 11) is 1.50. The summed E-state index contributed by atoms with van der Waals surface area (Å²) in [4.78, 5) is 33.9. The molecule has 0 unspecified atom stereocenters. The summed E-state index contributed by atoms with van der Waals surface area (Å²) in [6.07, 6.45) is 42.7. The van der Waals surface area contributed by atoms with E-state index in [1.165, 1.54) is 84.7 Å². The molecular weight excluding hydrogens is 757 g/mol. The molecule has 4 N–H and O–H groups in total. The van der Waals surface area contributed by atoms with Gasteiger partial charge in [-0.25, -0.2) is 19.9 Å². The molecule has 4 aromatic heterocycles. The lowest BCUT2D eigenvalue weighted by Crippen LogP contribution is -1.96. The van der Waals surface area contributed by atoms with Crippen LogP contribution in [0.1, 0.15) is 107 Å². The van der Waals surface area contributed by atoms with Crippen molar-refractivity contribution >= 4 is 63.0 Å². The van der Waals surface area contributed by atoms with E-state index in [2.05, 4.69) is 117 Å². The third kappa shape index (κ3) is 14.4. The van der Waals surface area contributed by atoms with E-state index in [1.807, 2.05) is 19.3 Å². The summed E-state index contributed by atoms with van der Waals surface area (Å²) in [5.41, 5.74) is 13.9. The topological polar surface area (TPSA) is 126 Å². The number of ketones is 1. The molecule has 0 aromatic carbocycles. The van der Waals surface area contributed by atoms with Crippen LogP contribution in [0.4, 0.5) is 0 Å². The Kier molecular flexibility index (Phi) is 23.4. The highest BCUT2D eigenvalue weighted by Gasteiger charge is 2.15. The number of hydrogen-bond acceptors (Lipinski definition) is 6. The van der Waals surface area contributed by atoms with Crippen molar-refractivity contribution in [1.82, 2.24) is 29.9 Å². The van der Waals surface area contributed by atoms with Crippen LogP contribution in [0.15, 0.2) is 98.5 Å². The highest BCUT2D eigenvalue weighted by Crippen LogP contribution is 2.32. The first kappa shape index (κ1) is 45.8. The lowest BCUT2D eigenvalue weighted by atomic mass is 9.95. The van der Waals surface area contributed by atoms with Crippen molar-refractivity contribution in [2.45, 2.75) is 98.8 Å². The Morgan fingerprint density at radius 3 is 1.40 bits per heavy atom. The number of carbonyl (C=O) groups excluding carboxylic acids is 1. The Morgan fingerprint density at radius 1 is 0.731 bits per heavy atom. The minimum atomic E-state index is 0. The number of nitrogens with two attached hydrogens (primary N) is 1. The van der Waals surface area contributed by atoms with Gasteiger partial charge in [0, 0.05) is 29.6 Å². The van der Waals surface area contributed by atoms with Crippen molar-refractivity contribution in [3.63, 3.8) is 0 Å². The number of halogens is 1. The van der Waals surface area contributed by atoms with Crippen molar-refractivity contribution in [2.75, 3.05) is 7.05 Å². The first-order valence-electron chi connectivity index (χ1n) is 17.9. The van der Waals surface area contributed by atoms with Crippen LogP contribution in [0, 0.1) is 13.8 Å². The fourth-order valence-electron chi connectivity index (χ4n) is 5.76. The molecule has 0 spiro atoms. The quantitative estimate of drug-likeness (QED) is 0.139. The van der Waals surface area contributed by atoms with Gasteiger partial charge in [0.05, 0.1) is 11.4 Å². The Bertz CT molecular complexity index is 1690. The van der Waals surface area contributed by atoms with Crippen LogP contribution in [0.25, 0.3) is 33.2 Å². The van der Waals surface area contributed by atoms with E-state index in [1.54, 1.807) is 12.7 Å². The molecule has 4 aliphatic carbocycles. The van der Waals surface area contributed by atoms with E-state index in [0.29, 0.717) is 6.42 Å². The van der Waals surface area contributed by atoms with Crippen molar-refractivity contribution in [3.05, 3.63) is 121 Å². The SMILES string of the molecule is C.C1=CCC=C1.C1=CCC=C1.C=CC(=O)CC.CN.Cc1c[nH]c2ncnc(C3=CCCCC3)c12.Cc1c[nH]c2ncnc(C3=CCCCC3)c12.I. The number of H-pyrrole nitrogens is 2. The zero-order valence-electron chi connectivity index (χ0n) is 30.8. The second kappa shape index (κ2) is 26.5. The summed E-state index contributed by atoms with van der Waals surface area (Å²) in [5, 5.41) is 2.38. The van der Waals surface area contributed by atoms with Crippen LogP contribution in [0.5, 0.6) is 0 Å². The molecule has 4 aromatic rings. The number of carbonyl (C=O) groups is 1. The van der Waals surface area contributed by atoms with Gasteiger partial charge in [-0.3, -0.25) is 4.79 Å². The first-order valence-corrected chi connectivity index (χ1v) is 17.9. The minimum Gasteiger partial charge on any atom is -0.346 e. The van der Waals surface area contributed by atoms with Gasteiger partial charge in [-0.15, -0.1) is 24.0 Å². The molecule has 9 heteroatoms. The number of hydrogen-bond donors (Lipinski definition) is 3. The second-order valence-corrected chi connectivity index (χ2v) is 12.0. The molecule has 0 fully saturated rings. The summed E-state index contributed by atoms with van der Waals surface area (Å²) >= 11 is 0. The summed E-state index contributed by atoms with van der Waals surface area (Å²) in [5.74, 6) is 0.106. The molecule has 280 valence electrons. The van der Waals surface area contributed by atoms with Crippen molar-refractivity contribution < 1.29 is 4.79 Å². The summed E-state index contributed by atoms with van der Waals surface area (Å²) in [6, 6.07) is 0. The number of allylic oxidation sites excluding steroid dienone is 13. The molecule has 0 atom stereocenters. The van der Waals surface area contributed by atoms with E-state index in [4.69, 9.17) is 0 Å². The Morgan fingerprint density at radius 2 is 1.13 bits per heavy atom. The van der Waals surface area contributed by atoms with Gasteiger partial charge in [0.2, 0.25) is 0 Å². The Hall–Kier alpha value is -4.22. The summed E-state index contributed by atoms with van der Waals surface area (Å²) in [6.45, 7) is 9.30. The first-order chi connectivity index (χ1) is 24.5. The minimum absolute atomic E-state index is 0. The number of aromatic amines is 2. The zero-order valence-corrected chi connectivity index (χ0v) is 33.2. The molecule has 8 nitrogen and oxygen atoms in total. The zero-order chi connectivity index (χ0) is 36.0. The van der Waals surface area contributed by atoms with Crippen molar-refractivity contribution in [3.8, 4) is 0 Å². The summed E-state index contributed by atoms with van der Waals surface area (Å²) < 4.78 is 0. The number of aryl methyl sites for hydroxylation is 2. The maximum Gasteiger partial charge on any atom is 0.154 e. The highest BCUT2D eigenvalue weighted by atomic mass is 127. The van der Waals surface area contributed by atoms with Crippen LogP contribution < -0.4 is 5.73 Å².